The van der Waals surface area contributed by atoms with E-state index in [0.29, 0.717) is 36.8 Å². The first-order valence-electron chi connectivity index (χ1n) is 10.8. The molecule has 0 saturated carbocycles. The van der Waals surface area contributed by atoms with Gasteiger partial charge in [0.05, 0.1) is 13.2 Å². The molecule has 3 aromatic rings. The van der Waals surface area contributed by atoms with Gasteiger partial charge in [-0.15, -0.1) is 0 Å². The molecule has 3 aromatic carbocycles. The van der Waals surface area contributed by atoms with Gasteiger partial charge in [-0.3, -0.25) is 9.69 Å². The lowest BCUT2D eigenvalue weighted by molar-refractivity contribution is -0.138. The van der Waals surface area contributed by atoms with Gasteiger partial charge in [-0.2, -0.15) is 0 Å². The maximum Gasteiger partial charge on any atom is 0.317 e. The van der Waals surface area contributed by atoms with Crippen molar-refractivity contribution in [3.8, 4) is 23.0 Å². The number of fused-ring (bicyclic) bond motifs is 1. The van der Waals surface area contributed by atoms with Crippen LogP contribution >= 0.6 is 0 Å². The highest BCUT2D eigenvalue weighted by atomic mass is 19.1. The van der Waals surface area contributed by atoms with E-state index >= 15 is 0 Å². The standard InChI is InChI=1S/C26H26FNO5/c1-28(17-25(29)30)15-13-23(18-5-7-20(27)8-6-18)32-21-9-11-22(12-10-21)33-24-4-2-3-19-14-16-31-26(19)24/h2-12,23H,13-17H2,1H3,(H,29,30). The van der Waals surface area contributed by atoms with Gasteiger partial charge in [0.1, 0.15) is 23.4 Å². The van der Waals surface area contributed by atoms with Gasteiger partial charge in [0.15, 0.2) is 11.5 Å². The number of likely N-dealkylation sites (N-methyl/N-ethyl adjacent to an activating group) is 1. The summed E-state index contributed by atoms with van der Waals surface area (Å²) in [6.45, 7) is 1.11. The number of hydrogen-bond donors (Lipinski definition) is 1. The fraction of sp³-hybridized carbons (Fsp3) is 0.269. The summed E-state index contributed by atoms with van der Waals surface area (Å²) < 4.78 is 31.3. The molecule has 0 aromatic heterocycles. The van der Waals surface area contributed by atoms with E-state index in [1.807, 2.05) is 42.5 Å². The summed E-state index contributed by atoms with van der Waals surface area (Å²) in [7, 11) is 1.74. The van der Waals surface area contributed by atoms with Gasteiger partial charge in [-0.1, -0.05) is 24.3 Å². The minimum Gasteiger partial charge on any atom is -0.489 e. The number of hydrogen-bond acceptors (Lipinski definition) is 5. The van der Waals surface area contributed by atoms with Gasteiger partial charge < -0.3 is 19.3 Å². The van der Waals surface area contributed by atoms with Crippen LogP contribution in [0.3, 0.4) is 0 Å². The Morgan fingerprint density at radius 1 is 1.09 bits per heavy atom. The number of benzene rings is 3. The van der Waals surface area contributed by atoms with Crippen LogP contribution in [0.4, 0.5) is 4.39 Å². The highest BCUT2D eigenvalue weighted by Crippen LogP contribution is 2.38. The van der Waals surface area contributed by atoms with Crippen molar-refractivity contribution >= 4 is 5.97 Å². The molecule has 0 radical (unpaired) electrons. The van der Waals surface area contributed by atoms with Gasteiger partial charge in [0.25, 0.3) is 0 Å². The summed E-state index contributed by atoms with van der Waals surface area (Å²) in [6, 6.07) is 19.3. The average molecular weight is 451 g/mol. The van der Waals surface area contributed by atoms with Crippen LogP contribution in [0.25, 0.3) is 0 Å². The Labute approximate surface area is 192 Å². The van der Waals surface area contributed by atoms with Crippen LogP contribution in [0, 0.1) is 5.82 Å². The molecule has 0 fully saturated rings. The van der Waals surface area contributed by atoms with Crippen LogP contribution in [0.15, 0.2) is 66.7 Å². The first kappa shape index (κ1) is 22.6. The Kier molecular flexibility index (Phi) is 7.10. The second-order valence-corrected chi connectivity index (χ2v) is 7.99. The number of nitrogens with zero attached hydrogens (tertiary/aromatic N) is 1. The normalized spacial score (nSPS) is 13.3. The summed E-state index contributed by atoms with van der Waals surface area (Å²) in [6.07, 6.45) is 1.06. The predicted octanol–water partition coefficient (Wildman–Crippen LogP) is 5.08. The molecular weight excluding hydrogens is 425 g/mol. The Hall–Kier alpha value is -3.58. The summed E-state index contributed by atoms with van der Waals surface area (Å²) in [5.74, 6) is 1.56. The van der Waals surface area contributed by atoms with E-state index in [2.05, 4.69) is 0 Å². The zero-order valence-electron chi connectivity index (χ0n) is 18.4. The Morgan fingerprint density at radius 2 is 1.82 bits per heavy atom. The van der Waals surface area contributed by atoms with E-state index in [0.717, 1.165) is 23.3 Å². The van der Waals surface area contributed by atoms with Crippen molar-refractivity contribution in [2.45, 2.75) is 18.9 Å². The largest absolute Gasteiger partial charge is 0.489 e. The van der Waals surface area contributed by atoms with Crippen LogP contribution in [-0.4, -0.2) is 42.7 Å². The quantitative estimate of drug-likeness (QED) is 0.464. The van der Waals surface area contributed by atoms with E-state index in [9.17, 15) is 9.18 Å². The molecule has 0 bridgehead atoms. The molecule has 1 heterocycles. The van der Waals surface area contributed by atoms with E-state index < -0.39 is 5.97 Å². The van der Waals surface area contributed by atoms with E-state index in [1.54, 1.807) is 24.1 Å². The zero-order valence-corrected chi connectivity index (χ0v) is 18.4. The second kappa shape index (κ2) is 10.4. The number of ether oxygens (including phenoxy) is 3. The van der Waals surface area contributed by atoms with Gasteiger partial charge in [0.2, 0.25) is 0 Å². The molecule has 1 unspecified atom stereocenters. The lowest BCUT2D eigenvalue weighted by atomic mass is 10.1. The molecule has 1 N–H and O–H groups in total. The third-order valence-corrected chi connectivity index (χ3v) is 5.43. The van der Waals surface area contributed by atoms with Crippen LogP contribution in [-0.2, 0) is 11.2 Å². The molecular formula is C26H26FNO5. The van der Waals surface area contributed by atoms with Crippen molar-refractivity contribution in [1.82, 2.24) is 4.90 Å². The fourth-order valence-electron chi connectivity index (χ4n) is 3.76. The zero-order chi connectivity index (χ0) is 23.2. The second-order valence-electron chi connectivity index (χ2n) is 7.99. The number of para-hydroxylation sites is 1. The van der Waals surface area contributed by atoms with Crippen LogP contribution in [0.1, 0.15) is 23.7 Å². The third-order valence-electron chi connectivity index (χ3n) is 5.43. The Morgan fingerprint density at radius 3 is 2.55 bits per heavy atom. The minimum absolute atomic E-state index is 0.0604. The molecule has 0 amide bonds. The van der Waals surface area contributed by atoms with Crippen LogP contribution < -0.4 is 14.2 Å². The molecule has 0 saturated heterocycles. The molecule has 1 aliphatic heterocycles. The molecule has 33 heavy (non-hydrogen) atoms. The van der Waals surface area contributed by atoms with Crippen LogP contribution in [0.5, 0.6) is 23.0 Å². The van der Waals surface area contributed by atoms with Gasteiger partial charge in [-0.25, -0.2) is 4.39 Å². The van der Waals surface area contributed by atoms with Gasteiger partial charge in [0, 0.05) is 24.9 Å². The molecule has 4 rings (SSSR count). The SMILES string of the molecule is CN(CCC(Oc1ccc(Oc2cccc3c2OCC3)cc1)c1ccc(F)cc1)CC(=O)O. The van der Waals surface area contributed by atoms with E-state index in [-0.39, 0.29) is 18.5 Å². The number of halogens is 1. The Balaban J connectivity index is 1.45. The molecule has 1 aliphatic rings. The van der Waals surface area contributed by atoms with Crippen molar-refractivity contribution in [2.75, 3.05) is 26.7 Å². The molecule has 6 nitrogen and oxygen atoms in total. The van der Waals surface area contributed by atoms with Gasteiger partial charge in [-0.05, 0) is 55.1 Å². The molecule has 1 atom stereocenters. The molecule has 172 valence electrons. The summed E-state index contributed by atoms with van der Waals surface area (Å²) in [5, 5.41) is 8.98. The Bertz CT molecular complexity index is 1080. The number of carbonyl (C=O) groups is 1. The monoisotopic (exact) mass is 451 g/mol. The average Bonchev–Trinajstić information content (AvgIpc) is 3.28. The highest BCUT2D eigenvalue weighted by molar-refractivity contribution is 5.69. The van der Waals surface area contributed by atoms with Crippen molar-refractivity contribution in [3.05, 3.63) is 83.7 Å². The summed E-state index contributed by atoms with van der Waals surface area (Å²) >= 11 is 0. The molecule has 0 spiro atoms. The van der Waals surface area contributed by atoms with Crippen molar-refractivity contribution in [1.29, 1.82) is 0 Å². The smallest absolute Gasteiger partial charge is 0.317 e. The maximum absolute atomic E-state index is 13.4. The van der Waals surface area contributed by atoms with E-state index in [4.69, 9.17) is 19.3 Å². The number of carboxylic acids is 1. The lowest BCUT2D eigenvalue weighted by Gasteiger charge is -2.22. The summed E-state index contributed by atoms with van der Waals surface area (Å²) in [4.78, 5) is 12.7. The highest BCUT2D eigenvalue weighted by Gasteiger charge is 2.18. The van der Waals surface area contributed by atoms with E-state index in [1.165, 1.54) is 12.1 Å². The number of rotatable bonds is 10. The fourth-order valence-corrected chi connectivity index (χ4v) is 3.76. The molecule has 7 heteroatoms. The first-order valence-corrected chi connectivity index (χ1v) is 10.8. The van der Waals surface area contributed by atoms with Crippen molar-refractivity contribution < 1.29 is 28.5 Å². The third kappa shape index (κ3) is 6.02. The van der Waals surface area contributed by atoms with Gasteiger partial charge >= 0.3 is 5.97 Å². The summed E-state index contributed by atoms with van der Waals surface area (Å²) in [5.41, 5.74) is 1.96. The maximum atomic E-state index is 13.4. The lowest BCUT2D eigenvalue weighted by Crippen LogP contribution is -2.28. The topological polar surface area (TPSA) is 68.2 Å². The van der Waals surface area contributed by atoms with Crippen LogP contribution in [0.2, 0.25) is 0 Å². The minimum atomic E-state index is -0.887. The predicted molar refractivity (Wildman–Crippen MR) is 122 cm³/mol. The number of carboxylic acid groups (broad SMARTS) is 1. The van der Waals surface area contributed by atoms with Crippen molar-refractivity contribution in [3.63, 3.8) is 0 Å². The first-order chi connectivity index (χ1) is 16.0. The molecule has 0 aliphatic carbocycles. The number of aliphatic carboxylic acids is 1. The van der Waals surface area contributed by atoms with Crippen molar-refractivity contribution in [2.24, 2.45) is 0 Å².